The first-order chi connectivity index (χ1) is 10.7. The molecule has 22 heavy (non-hydrogen) atoms. The van der Waals surface area contributed by atoms with Crippen molar-refractivity contribution in [2.45, 2.75) is 6.54 Å². The molecule has 7 heteroatoms. The van der Waals surface area contributed by atoms with E-state index < -0.39 is 0 Å². The number of rotatable bonds is 5. The maximum Gasteiger partial charge on any atom is 0.250 e. The van der Waals surface area contributed by atoms with Crippen LogP contribution in [0.3, 0.4) is 0 Å². The first-order valence-electron chi connectivity index (χ1n) is 6.58. The molecular formula is C15H12ClN3O3. The molecule has 0 radical (unpaired) electrons. The summed E-state index contributed by atoms with van der Waals surface area (Å²) in [6.45, 7) is 0.697. The van der Waals surface area contributed by atoms with Gasteiger partial charge in [0.25, 0.3) is 5.56 Å². The number of ether oxygens (including phenoxy) is 1. The summed E-state index contributed by atoms with van der Waals surface area (Å²) in [5, 5.41) is 7.97. The lowest BCUT2D eigenvalue weighted by atomic mass is 10.3. The van der Waals surface area contributed by atoms with Gasteiger partial charge in [-0.1, -0.05) is 23.7 Å². The van der Waals surface area contributed by atoms with Crippen LogP contribution in [0.1, 0.15) is 0 Å². The van der Waals surface area contributed by atoms with Gasteiger partial charge in [-0.2, -0.15) is 0 Å². The Morgan fingerprint density at radius 2 is 2.09 bits per heavy atom. The second-order valence-corrected chi connectivity index (χ2v) is 4.88. The molecule has 0 N–H and O–H groups in total. The number of pyridine rings is 1. The van der Waals surface area contributed by atoms with E-state index >= 15 is 0 Å². The Kier molecular flexibility index (Phi) is 4.20. The molecule has 0 atom stereocenters. The SMILES string of the molecule is O=c1ccc(-c2nnco2)cn1CCOc1ccccc1Cl. The summed E-state index contributed by atoms with van der Waals surface area (Å²) in [5.74, 6) is 0.950. The molecule has 3 aromatic rings. The lowest BCUT2D eigenvalue weighted by molar-refractivity contribution is 0.296. The molecule has 0 aliphatic heterocycles. The van der Waals surface area contributed by atoms with Crippen LogP contribution < -0.4 is 10.3 Å². The molecule has 2 aromatic heterocycles. The normalized spacial score (nSPS) is 10.6. The van der Waals surface area contributed by atoms with Crippen LogP contribution in [0.2, 0.25) is 5.02 Å². The predicted octanol–water partition coefficient (Wildman–Crippen LogP) is 2.63. The van der Waals surface area contributed by atoms with E-state index in [2.05, 4.69) is 10.2 Å². The van der Waals surface area contributed by atoms with Crippen LogP contribution in [-0.4, -0.2) is 21.4 Å². The minimum absolute atomic E-state index is 0.133. The van der Waals surface area contributed by atoms with Gasteiger partial charge in [-0.3, -0.25) is 4.79 Å². The van der Waals surface area contributed by atoms with E-state index in [0.29, 0.717) is 35.4 Å². The molecule has 0 aliphatic carbocycles. The van der Waals surface area contributed by atoms with Crippen LogP contribution in [0.4, 0.5) is 0 Å². The van der Waals surface area contributed by atoms with Crippen LogP contribution in [0.25, 0.3) is 11.5 Å². The molecule has 2 heterocycles. The van der Waals surface area contributed by atoms with Crippen LogP contribution in [0.5, 0.6) is 5.75 Å². The third-order valence-electron chi connectivity index (χ3n) is 3.02. The zero-order valence-corrected chi connectivity index (χ0v) is 12.2. The second-order valence-electron chi connectivity index (χ2n) is 4.47. The lowest BCUT2D eigenvalue weighted by Crippen LogP contribution is -2.22. The maximum atomic E-state index is 11.9. The molecule has 0 bridgehead atoms. The summed E-state index contributed by atoms with van der Waals surface area (Å²) in [6.07, 6.45) is 2.90. The van der Waals surface area contributed by atoms with Crippen molar-refractivity contribution >= 4 is 11.6 Å². The number of para-hydroxylation sites is 1. The van der Waals surface area contributed by atoms with Crippen molar-refractivity contribution in [2.24, 2.45) is 0 Å². The van der Waals surface area contributed by atoms with Gasteiger partial charge in [0.15, 0.2) is 0 Å². The first-order valence-corrected chi connectivity index (χ1v) is 6.96. The van der Waals surface area contributed by atoms with Gasteiger partial charge in [0.1, 0.15) is 12.4 Å². The van der Waals surface area contributed by atoms with Gasteiger partial charge in [0, 0.05) is 12.3 Å². The smallest absolute Gasteiger partial charge is 0.250 e. The summed E-state index contributed by atoms with van der Waals surface area (Å²) in [7, 11) is 0. The zero-order chi connectivity index (χ0) is 15.4. The van der Waals surface area contributed by atoms with Gasteiger partial charge >= 0.3 is 0 Å². The third kappa shape index (κ3) is 3.17. The molecule has 112 valence electrons. The Labute approximate surface area is 130 Å². The number of halogens is 1. The second kappa shape index (κ2) is 6.44. The molecule has 0 saturated carbocycles. The Morgan fingerprint density at radius 3 is 2.86 bits per heavy atom. The molecule has 3 rings (SSSR count). The van der Waals surface area contributed by atoms with Crippen LogP contribution in [-0.2, 0) is 6.54 Å². The molecule has 0 amide bonds. The van der Waals surface area contributed by atoms with Gasteiger partial charge in [0.2, 0.25) is 12.3 Å². The van der Waals surface area contributed by atoms with Gasteiger partial charge in [-0.15, -0.1) is 10.2 Å². The fourth-order valence-corrected chi connectivity index (χ4v) is 2.14. The van der Waals surface area contributed by atoms with Crippen molar-refractivity contribution in [3.8, 4) is 17.2 Å². The van der Waals surface area contributed by atoms with Crippen molar-refractivity contribution in [1.82, 2.24) is 14.8 Å². The summed E-state index contributed by atoms with van der Waals surface area (Å²) in [5.41, 5.74) is 0.542. The van der Waals surface area contributed by atoms with Crippen LogP contribution >= 0.6 is 11.6 Å². The van der Waals surface area contributed by atoms with E-state index in [-0.39, 0.29) is 5.56 Å². The largest absolute Gasteiger partial charge is 0.490 e. The average molecular weight is 318 g/mol. The number of nitrogens with zero attached hydrogens (tertiary/aromatic N) is 3. The molecule has 0 aliphatic rings. The van der Waals surface area contributed by atoms with Gasteiger partial charge in [-0.25, -0.2) is 0 Å². The highest BCUT2D eigenvalue weighted by molar-refractivity contribution is 6.32. The molecular weight excluding hydrogens is 306 g/mol. The summed E-state index contributed by atoms with van der Waals surface area (Å²) >= 11 is 6.01. The van der Waals surface area contributed by atoms with Crippen LogP contribution in [0.15, 0.2) is 58.2 Å². The standard InChI is InChI=1S/C15H12ClN3O3/c16-12-3-1-2-4-13(12)21-8-7-19-9-11(5-6-14(19)20)15-18-17-10-22-15/h1-6,9-10H,7-8H2. The van der Waals surface area contributed by atoms with Crippen molar-refractivity contribution in [3.05, 3.63) is 64.4 Å². The van der Waals surface area contributed by atoms with E-state index in [9.17, 15) is 4.79 Å². The van der Waals surface area contributed by atoms with E-state index in [1.165, 1.54) is 17.0 Å². The Balaban J connectivity index is 1.71. The number of hydrogen-bond acceptors (Lipinski definition) is 5. The van der Waals surface area contributed by atoms with E-state index in [1.807, 2.05) is 12.1 Å². The van der Waals surface area contributed by atoms with Crippen molar-refractivity contribution < 1.29 is 9.15 Å². The Hall–Kier alpha value is -2.60. The number of benzene rings is 1. The van der Waals surface area contributed by atoms with Gasteiger partial charge in [-0.05, 0) is 18.2 Å². The predicted molar refractivity (Wildman–Crippen MR) is 80.9 cm³/mol. The van der Waals surface area contributed by atoms with Crippen molar-refractivity contribution in [2.75, 3.05) is 6.61 Å². The Morgan fingerprint density at radius 1 is 1.23 bits per heavy atom. The summed E-state index contributed by atoms with van der Waals surface area (Å²) in [4.78, 5) is 11.9. The molecule has 0 spiro atoms. The molecule has 0 unspecified atom stereocenters. The number of hydrogen-bond donors (Lipinski definition) is 0. The van der Waals surface area contributed by atoms with Crippen molar-refractivity contribution in [3.63, 3.8) is 0 Å². The van der Waals surface area contributed by atoms with E-state index in [1.54, 1.807) is 24.4 Å². The summed E-state index contributed by atoms with van der Waals surface area (Å²) in [6, 6.07) is 10.3. The molecule has 1 aromatic carbocycles. The first kappa shape index (κ1) is 14.3. The highest BCUT2D eigenvalue weighted by atomic mass is 35.5. The lowest BCUT2D eigenvalue weighted by Gasteiger charge is -2.09. The third-order valence-corrected chi connectivity index (χ3v) is 3.33. The highest BCUT2D eigenvalue weighted by Crippen LogP contribution is 2.23. The van der Waals surface area contributed by atoms with Crippen LogP contribution in [0, 0.1) is 0 Å². The van der Waals surface area contributed by atoms with E-state index in [4.69, 9.17) is 20.8 Å². The molecule has 0 saturated heterocycles. The topological polar surface area (TPSA) is 70.2 Å². The van der Waals surface area contributed by atoms with E-state index in [0.717, 1.165) is 0 Å². The van der Waals surface area contributed by atoms with Gasteiger partial charge in [0.05, 0.1) is 17.1 Å². The maximum absolute atomic E-state index is 11.9. The summed E-state index contributed by atoms with van der Waals surface area (Å²) < 4.78 is 12.2. The minimum atomic E-state index is -0.133. The number of aromatic nitrogens is 3. The highest BCUT2D eigenvalue weighted by Gasteiger charge is 2.06. The average Bonchev–Trinajstić information content (AvgIpc) is 3.05. The molecule has 6 nitrogen and oxygen atoms in total. The van der Waals surface area contributed by atoms with Crippen molar-refractivity contribution in [1.29, 1.82) is 0 Å². The monoisotopic (exact) mass is 317 g/mol. The van der Waals surface area contributed by atoms with Gasteiger partial charge < -0.3 is 13.7 Å². The fraction of sp³-hybridized carbons (Fsp3) is 0.133. The quantitative estimate of drug-likeness (QED) is 0.723. The zero-order valence-electron chi connectivity index (χ0n) is 11.5. The fourth-order valence-electron chi connectivity index (χ4n) is 1.95. The minimum Gasteiger partial charge on any atom is -0.490 e. The molecule has 0 fully saturated rings. The Bertz CT molecular complexity index is 815.